The molecule has 1 aliphatic heterocycles. The molecule has 6 unspecified atom stereocenters. The second-order valence-electron chi connectivity index (χ2n) is 21.7. The third kappa shape index (κ3) is 44.5. The predicted molar refractivity (Wildman–Crippen MR) is 322 cm³/mol. The van der Waals surface area contributed by atoms with Crippen molar-refractivity contribution in [1.29, 1.82) is 0 Å². The van der Waals surface area contributed by atoms with Gasteiger partial charge in [0.2, 0.25) is 0 Å². The molecule has 0 radical (unpaired) electrons. The van der Waals surface area contributed by atoms with E-state index < -0.39 is 67.3 Å². The lowest BCUT2D eigenvalue weighted by molar-refractivity contribution is -0.301. The topological polar surface area (TPSA) is 175 Å². The van der Waals surface area contributed by atoms with Gasteiger partial charge in [-0.1, -0.05) is 248 Å². The first-order valence-corrected chi connectivity index (χ1v) is 31.9. The smallest absolute Gasteiger partial charge is 0.335 e. The maximum Gasteiger partial charge on any atom is 0.335 e. The number of carboxylic acid groups (broad SMARTS) is 1. The van der Waals surface area contributed by atoms with Crippen molar-refractivity contribution in [2.75, 3.05) is 13.2 Å². The summed E-state index contributed by atoms with van der Waals surface area (Å²) in [7, 11) is 0. The van der Waals surface area contributed by atoms with E-state index in [1.54, 1.807) is 0 Å². The summed E-state index contributed by atoms with van der Waals surface area (Å²) in [5.41, 5.74) is 0. The number of carboxylic acids is 1. The summed E-state index contributed by atoms with van der Waals surface area (Å²) in [5, 5.41) is 31.5. The van der Waals surface area contributed by atoms with E-state index >= 15 is 0 Å². The Kier molecular flexibility index (Phi) is 50.7. The second-order valence-corrected chi connectivity index (χ2v) is 21.7. The van der Waals surface area contributed by atoms with E-state index in [0.717, 1.165) is 89.9 Å². The highest BCUT2D eigenvalue weighted by Crippen LogP contribution is 2.26. The summed E-state index contributed by atoms with van der Waals surface area (Å²) in [6, 6.07) is 0. The Labute approximate surface area is 480 Å². The number of unbranched alkanes of at least 4 members (excludes halogenated alkanes) is 28. The first-order chi connectivity index (χ1) is 38.6. The minimum absolute atomic E-state index is 0.0430. The molecular formula is C67H114O12. The number of aliphatic carboxylic acids is 1. The van der Waals surface area contributed by atoms with E-state index in [2.05, 4.69) is 87.6 Å². The van der Waals surface area contributed by atoms with Gasteiger partial charge in [0.05, 0.1) is 6.61 Å². The molecule has 1 aliphatic rings. The van der Waals surface area contributed by atoms with Crippen molar-refractivity contribution in [3.8, 4) is 0 Å². The van der Waals surface area contributed by atoms with Gasteiger partial charge in [-0.3, -0.25) is 14.4 Å². The number of hydrogen-bond acceptors (Lipinski definition) is 11. The molecule has 0 saturated carbocycles. The fourth-order valence-electron chi connectivity index (χ4n) is 9.40. The van der Waals surface area contributed by atoms with Crippen molar-refractivity contribution < 1.29 is 58.2 Å². The van der Waals surface area contributed by atoms with Gasteiger partial charge in [0, 0.05) is 19.3 Å². The largest absolute Gasteiger partial charge is 0.479 e. The van der Waals surface area contributed by atoms with Gasteiger partial charge in [-0.2, -0.15) is 0 Å². The van der Waals surface area contributed by atoms with E-state index in [4.69, 9.17) is 23.7 Å². The lowest BCUT2D eigenvalue weighted by Crippen LogP contribution is -2.61. The van der Waals surface area contributed by atoms with Crippen LogP contribution in [-0.4, -0.2) is 89.2 Å². The van der Waals surface area contributed by atoms with Gasteiger partial charge in [0.15, 0.2) is 24.6 Å². The van der Waals surface area contributed by atoms with Crippen LogP contribution in [0, 0.1) is 0 Å². The average Bonchev–Trinajstić information content (AvgIpc) is 3.46. The van der Waals surface area contributed by atoms with Crippen LogP contribution in [0.3, 0.4) is 0 Å². The fourth-order valence-corrected chi connectivity index (χ4v) is 9.40. The molecule has 1 rings (SSSR count). The summed E-state index contributed by atoms with van der Waals surface area (Å²) in [4.78, 5) is 51.2. The van der Waals surface area contributed by atoms with Gasteiger partial charge in [-0.05, 0) is 83.5 Å². The molecule has 1 heterocycles. The molecule has 3 N–H and O–H groups in total. The monoisotopic (exact) mass is 1110 g/mol. The van der Waals surface area contributed by atoms with Gasteiger partial charge in [-0.15, -0.1) is 0 Å². The minimum atomic E-state index is -1.91. The highest BCUT2D eigenvalue weighted by Gasteiger charge is 2.50. The van der Waals surface area contributed by atoms with Crippen molar-refractivity contribution >= 4 is 23.9 Å². The van der Waals surface area contributed by atoms with Crippen molar-refractivity contribution in [2.45, 2.75) is 314 Å². The number of rotatable bonds is 54. The number of carbonyl (C=O) groups is 4. The second kappa shape index (κ2) is 54.7. The molecule has 1 fully saturated rings. The first-order valence-electron chi connectivity index (χ1n) is 31.9. The summed E-state index contributed by atoms with van der Waals surface area (Å²) in [6.45, 7) is 5.84. The van der Waals surface area contributed by atoms with Crippen LogP contribution in [-0.2, 0) is 42.9 Å². The van der Waals surface area contributed by atoms with Gasteiger partial charge in [0.1, 0.15) is 18.8 Å². The Bertz CT molecular complexity index is 1650. The molecule has 0 amide bonds. The maximum atomic E-state index is 13.2. The molecular weight excluding hydrogens is 997 g/mol. The SMILES string of the molecule is CC/C=C\C/C=C\C/C=C\C/C=C\C/C=C\CCCC(=O)OC(COC(=O)CCCCCCCCCCCCCCCCCCCCC)COC1OC(C(=O)O)C(O)C(O)C1OC(=O)CCCCCCC/C=C\CCCCCC. The van der Waals surface area contributed by atoms with Crippen LogP contribution in [0.1, 0.15) is 278 Å². The summed E-state index contributed by atoms with van der Waals surface area (Å²) >= 11 is 0. The summed E-state index contributed by atoms with van der Waals surface area (Å²) in [5.74, 6) is -3.20. The maximum absolute atomic E-state index is 13.2. The molecule has 0 aromatic heterocycles. The molecule has 12 nitrogen and oxygen atoms in total. The van der Waals surface area contributed by atoms with Crippen LogP contribution in [0.15, 0.2) is 72.9 Å². The third-order valence-electron chi connectivity index (χ3n) is 14.3. The van der Waals surface area contributed by atoms with Gasteiger partial charge >= 0.3 is 23.9 Å². The van der Waals surface area contributed by atoms with Gasteiger partial charge in [0.25, 0.3) is 0 Å². The van der Waals surface area contributed by atoms with Crippen LogP contribution < -0.4 is 0 Å². The predicted octanol–water partition coefficient (Wildman–Crippen LogP) is 16.9. The van der Waals surface area contributed by atoms with Crippen LogP contribution in [0.4, 0.5) is 0 Å². The number of ether oxygens (including phenoxy) is 5. The molecule has 0 aromatic rings. The lowest BCUT2D eigenvalue weighted by Gasteiger charge is -2.40. The normalized spacial score (nSPS) is 18.3. The van der Waals surface area contributed by atoms with E-state index in [9.17, 15) is 34.5 Å². The van der Waals surface area contributed by atoms with Crippen LogP contribution >= 0.6 is 0 Å². The average molecular weight is 1110 g/mol. The Morgan fingerprint density at radius 3 is 1.28 bits per heavy atom. The number of aliphatic hydroxyl groups excluding tert-OH is 2. The third-order valence-corrected chi connectivity index (χ3v) is 14.3. The Hall–Kier alpha value is -3.84. The Morgan fingerprint density at radius 1 is 0.430 bits per heavy atom. The highest BCUT2D eigenvalue weighted by atomic mass is 16.7. The lowest BCUT2D eigenvalue weighted by atomic mass is 9.98. The van der Waals surface area contributed by atoms with E-state index in [1.165, 1.54) is 122 Å². The number of carbonyl (C=O) groups excluding carboxylic acids is 3. The Balaban J connectivity index is 2.69. The zero-order valence-corrected chi connectivity index (χ0v) is 50.1. The number of allylic oxidation sites excluding steroid dienone is 12. The molecule has 79 heavy (non-hydrogen) atoms. The van der Waals surface area contributed by atoms with Crippen molar-refractivity contribution in [2.24, 2.45) is 0 Å². The number of hydrogen-bond donors (Lipinski definition) is 3. The quantitative estimate of drug-likeness (QED) is 0.0228. The van der Waals surface area contributed by atoms with E-state index in [-0.39, 0.29) is 25.9 Å². The number of esters is 3. The summed E-state index contributed by atoms with van der Waals surface area (Å²) in [6.07, 6.45) is 57.4. The molecule has 0 aromatic carbocycles. The van der Waals surface area contributed by atoms with Crippen molar-refractivity contribution in [3.05, 3.63) is 72.9 Å². The zero-order valence-electron chi connectivity index (χ0n) is 50.1. The molecule has 6 atom stereocenters. The Morgan fingerprint density at radius 2 is 0.810 bits per heavy atom. The van der Waals surface area contributed by atoms with Crippen molar-refractivity contribution in [3.63, 3.8) is 0 Å². The molecule has 0 bridgehead atoms. The van der Waals surface area contributed by atoms with Gasteiger partial charge < -0.3 is 39.0 Å². The van der Waals surface area contributed by atoms with E-state index in [1.807, 2.05) is 6.08 Å². The van der Waals surface area contributed by atoms with Crippen LogP contribution in [0.25, 0.3) is 0 Å². The van der Waals surface area contributed by atoms with Crippen LogP contribution in [0.2, 0.25) is 0 Å². The molecule has 0 aliphatic carbocycles. The highest BCUT2D eigenvalue weighted by molar-refractivity contribution is 5.74. The standard InChI is InChI=1S/C67H114O12/c1-4-7-10-13-16-19-22-25-27-29-30-32-33-36-38-41-44-47-50-53-59(68)75-56-58(77-60(69)54-51-48-45-42-40-37-34-31-28-26-23-20-17-14-11-8-5-2)57-76-67-65(63(72)62(71)64(79-67)66(73)74)78-61(70)55-52-49-46-43-39-35-24-21-18-15-12-9-6-3/h8,11,17,20-21,24,26,28,34,37,42,45,58,62-65,67,71-72H,4-7,9-10,12-16,18-19,22-23,25,27,29-33,35-36,38-41,43-44,46-57H2,1-3H3,(H,73,74)/b11-8-,20-17-,24-21-,28-26-,37-34-,45-42-. The minimum Gasteiger partial charge on any atom is -0.479 e. The first kappa shape index (κ1) is 73.2. The van der Waals surface area contributed by atoms with Crippen molar-refractivity contribution in [1.82, 2.24) is 0 Å². The van der Waals surface area contributed by atoms with Gasteiger partial charge in [-0.25, -0.2) is 4.79 Å². The molecule has 454 valence electrons. The molecule has 1 saturated heterocycles. The fraction of sp³-hybridized carbons (Fsp3) is 0.761. The summed E-state index contributed by atoms with van der Waals surface area (Å²) < 4.78 is 28.4. The number of aliphatic hydroxyl groups is 2. The molecule has 0 spiro atoms. The van der Waals surface area contributed by atoms with E-state index in [0.29, 0.717) is 25.7 Å². The molecule has 12 heteroatoms. The van der Waals surface area contributed by atoms with Crippen LogP contribution in [0.5, 0.6) is 0 Å². The zero-order chi connectivity index (χ0) is 57.5.